The second kappa shape index (κ2) is 3.93. The van der Waals surface area contributed by atoms with Crippen LogP contribution in [0.1, 0.15) is 12.8 Å². The van der Waals surface area contributed by atoms with E-state index in [1.807, 2.05) is 0 Å². The van der Waals surface area contributed by atoms with Crippen molar-refractivity contribution in [3.8, 4) is 0 Å². The molecule has 1 saturated heterocycles. The summed E-state index contributed by atoms with van der Waals surface area (Å²) in [5, 5.41) is 3.17. The van der Waals surface area contributed by atoms with Gasteiger partial charge in [-0.1, -0.05) is 0 Å². The van der Waals surface area contributed by atoms with E-state index in [0.717, 1.165) is 19.4 Å². The predicted octanol–water partition coefficient (Wildman–Crippen LogP) is 0.0787. The Bertz CT molecular complexity index is 151. The molecule has 64 valence electrons. The van der Waals surface area contributed by atoms with E-state index in [1.54, 1.807) is 0 Å². The van der Waals surface area contributed by atoms with E-state index in [4.69, 9.17) is 17.3 Å². The van der Waals surface area contributed by atoms with Crippen molar-refractivity contribution >= 4 is 17.5 Å². The van der Waals surface area contributed by atoms with Gasteiger partial charge in [0.05, 0.1) is 5.92 Å². The van der Waals surface area contributed by atoms with Gasteiger partial charge in [0.1, 0.15) is 0 Å². The number of amides is 1. The first-order valence-corrected chi connectivity index (χ1v) is 4.38. The molecule has 3 N–H and O–H groups in total. The van der Waals surface area contributed by atoms with Gasteiger partial charge in [0.15, 0.2) is 0 Å². The van der Waals surface area contributed by atoms with Gasteiger partial charge in [-0.2, -0.15) is 0 Å². The lowest BCUT2D eigenvalue weighted by Crippen LogP contribution is -2.47. The zero-order valence-corrected chi connectivity index (χ0v) is 7.10. The first-order chi connectivity index (χ1) is 5.25. The SMILES string of the molecule is NC(=O)[C@@H]1CCCN[C@@H]1CCl. The average Bonchev–Trinajstić information content (AvgIpc) is 2.04. The Morgan fingerprint density at radius 3 is 2.91 bits per heavy atom. The summed E-state index contributed by atoms with van der Waals surface area (Å²) in [5.74, 6) is 0.164. The summed E-state index contributed by atoms with van der Waals surface area (Å²) in [4.78, 5) is 10.8. The third-order valence-electron chi connectivity index (χ3n) is 2.12. The Labute approximate surface area is 71.3 Å². The Morgan fingerprint density at radius 2 is 2.45 bits per heavy atom. The number of nitrogens with one attached hydrogen (secondary N) is 1. The largest absolute Gasteiger partial charge is 0.369 e. The second-order valence-electron chi connectivity index (χ2n) is 2.87. The van der Waals surface area contributed by atoms with Crippen molar-refractivity contribution in [1.29, 1.82) is 0 Å². The standard InChI is InChI=1S/C7H13ClN2O/c8-4-6-5(7(9)11)2-1-3-10-6/h5-6,10H,1-4H2,(H2,9,11)/t5-,6-/m1/s1. The lowest BCUT2D eigenvalue weighted by atomic mass is 9.91. The molecule has 0 unspecified atom stereocenters. The molecule has 0 bridgehead atoms. The van der Waals surface area contributed by atoms with Crippen molar-refractivity contribution in [2.45, 2.75) is 18.9 Å². The van der Waals surface area contributed by atoms with Crippen LogP contribution in [0.25, 0.3) is 0 Å². The normalized spacial score (nSPS) is 31.7. The fraction of sp³-hybridized carbons (Fsp3) is 0.857. The molecule has 0 aliphatic carbocycles. The van der Waals surface area contributed by atoms with Crippen LogP contribution in [0, 0.1) is 5.92 Å². The van der Waals surface area contributed by atoms with Gasteiger partial charge >= 0.3 is 0 Å². The fourth-order valence-corrected chi connectivity index (χ4v) is 1.78. The van der Waals surface area contributed by atoms with E-state index in [-0.39, 0.29) is 17.9 Å². The highest BCUT2D eigenvalue weighted by molar-refractivity contribution is 6.18. The average molecular weight is 177 g/mol. The smallest absolute Gasteiger partial charge is 0.222 e. The number of primary amides is 1. The number of hydrogen-bond acceptors (Lipinski definition) is 2. The predicted molar refractivity (Wildman–Crippen MR) is 44.4 cm³/mol. The number of alkyl halides is 1. The zero-order valence-electron chi connectivity index (χ0n) is 6.35. The third-order valence-corrected chi connectivity index (χ3v) is 2.45. The van der Waals surface area contributed by atoms with Crippen molar-refractivity contribution in [1.82, 2.24) is 5.32 Å². The van der Waals surface area contributed by atoms with E-state index in [9.17, 15) is 4.79 Å². The van der Waals surface area contributed by atoms with Crippen molar-refractivity contribution in [2.75, 3.05) is 12.4 Å². The highest BCUT2D eigenvalue weighted by Crippen LogP contribution is 2.16. The fourth-order valence-electron chi connectivity index (χ4n) is 1.46. The lowest BCUT2D eigenvalue weighted by Gasteiger charge is -2.28. The molecule has 1 rings (SSSR count). The molecule has 3 nitrogen and oxygen atoms in total. The van der Waals surface area contributed by atoms with Gasteiger partial charge in [0.25, 0.3) is 0 Å². The van der Waals surface area contributed by atoms with Crippen molar-refractivity contribution in [2.24, 2.45) is 11.7 Å². The molecule has 0 aromatic rings. The molecule has 11 heavy (non-hydrogen) atoms. The molecule has 4 heteroatoms. The van der Waals surface area contributed by atoms with Crippen molar-refractivity contribution in [3.63, 3.8) is 0 Å². The summed E-state index contributed by atoms with van der Waals surface area (Å²) in [5.41, 5.74) is 5.20. The van der Waals surface area contributed by atoms with Crippen LogP contribution in [-0.2, 0) is 4.79 Å². The van der Waals surface area contributed by atoms with Crippen LogP contribution in [-0.4, -0.2) is 24.4 Å². The Morgan fingerprint density at radius 1 is 1.73 bits per heavy atom. The molecule has 0 saturated carbocycles. The van der Waals surface area contributed by atoms with Crippen LogP contribution in [0.5, 0.6) is 0 Å². The quantitative estimate of drug-likeness (QED) is 0.586. The molecule has 1 aliphatic heterocycles. The first-order valence-electron chi connectivity index (χ1n) is 3.84. The molecule has 1 amide bonds. The zero-order chi connectivity index (χ0) is 8.27. The number of piperidine rings is 1. The molecule has 1 aliphatic rings. The van der Waals surface area contributed by atoms with Crippen LogP contribution in [0.4, 0.5) is 0 Å². The molecule has 0 spiro atoms. The summed E-state index contributed by atoms with van der Waals surface area (Å²) in [6.45, 7) is 0.946. The van der Waals surface area contributed by atoms with Gasteiger partial charge in [0, 0.05) is 11.9 Å². The Balaban J connectivity index is 2.51. The van der Waals surface area contributed by atoms with Crippen molar-refractivity contribution in [3.05, 3.63) is 0 Å². The molecule has 0 aromatic heterocycles. The third kappa shape index (κ3) is 2.07. The van der Waals surface area contributed by atoms with Gasteiger partial charge in [-0.3, -0.25) is 4.79 Å². The van der Waals surface area contributed by atoms with E-state index in [2.05, 4.69) is 5.32 Å². The van der Waals surface area contributed by atoms with E-state index in [1.165, 1.54) is 0 Å². The maximum atomic E-state index is 10.8. The number of rotatable bonds is 2. The summed E-state index contributed by atoms with van der Waals surface area (Å²) >= 11 is 5.65. The summed E-state index contributed by atoms with van der Waals surface area (Å²) < 4.78 is 0. The van der Waals surface area contributed by atoms with Crippen LogP contribution in [0.3, 0.4) is 0 Å². The molecule has 2 atom stereocenters. The van der Waals surface area contributed by atoms with E-state index < -0.39 is 0 Å². The van der Waals surface area contributed by atoms with E-state index >= 15 is 0 Å². The molecular weight excluding hydrogens is 164 g/mol. The molecule has 0 aromatic carbocycles. The minimum Gasteiger partial charge on any atom is -0.369 e. The minimum atomic E-state index is -0.233. The van der Waals surface area contributed by atoms with E-state index in [0.29, 0.717) is 5.88 Å². The number of carbonyl (C=O) groups excluding carboxylic acids is 1. The first kappa shape index (κ1) is 8.81. The maximum absolute atomic E-state index is 10.8. The van der Waals surface area contributed by atoms with Crippen LogP contribution in [0.2, 0.25) is 0 Å². The topological polar surface area (TPSA) is 55.1 Å². The molecule has 0 radical (unpaired) electrons. The second-order valence-corrected chi connectivity index (χ2v) is 3.17. The number of carbonyl (C=O) groups is 1. The summed E-state index contributed by atoms with van der Waals surface area (Å²) in [6, 6.07) is 0.0860. The van der Waals surface area contributed by atoms with Crippen LogP contribution < -0.4 is 11.1 Å². The van der Waals surface area contributed by atoms with Crippen LogP contribution >= 0.6 is 11.6 Å². The molecule has 1 heterocycles. The number of halogens is 1. The molecular formula is C7H13ClN2O. The summed E-state index contributed by atoms with van der Waals surface area (Å²) in [6.07, 6.45) is 1.89. The highest BCUT2D eigenvalue weighted by Gasteiger charge is 2.27. The van der Waals surface area contributed by atoms with Crippen molar-refractivity contribution < 1.29 is 4.79 Å². The Kier molecular flexibility index (Phi) is 3.15. The highest BCUT2D eigenvalue weighted by atomic mass is 35.5. The molecule has 1 fully saturated rings. The summed E-state index contributed by atoms with van der Waals surface area (Å²) in [7, 11) is 0. The van der Waals surface area contributed by atoms with Gasteiger partial charge in [0.2, 0.25) is 5.91 Å². The minimum absolute atomic E-state index is 0.0683. The lowest BCUT2D eigenvalue weighted by molar-refractivity contribution is -0.123. The number of hydrogen-bond donors (Lipinski definition) is 2. The van der Waals surface area contributed by atoms with Gasteiger partial charge in [-0.15, -0.1) is 11.6 Å². The maximum Gasteiger partial charge on any atom is 0.222 e. The number of nitrogens with two attached hydrogens (primary N) is 1. The van der Waals surface area contributed by atoms with Gasteiger partial charge in [-0.05, 0) is 19.4 Å². The monoisotopic (exact) mass is 176 g/mol. The Hall–Kier alpha value is -0.280. The van der Waals surface area contributed by atoms with Crippen LogP contribution in [0.15, 0.2) is 0 Å². The van der Waals surface area contributed by atoms with Gasteiger partial charge in [-0.25, -0.2) is 0 Å². The van der Waals surface area contributed by atoms with Gasteiger partial charge < -0.3 is 11.1 Å².